The van der Waals surface area contributed by atoms with Gasteiger partial charge < -0.3 is 9.47 Å². The average Bonchev–Trinajstić information content (AvgIpc) is 2.63. The lowest BCUT2D eigenvalue weighted by Crippen LogP contribution is -2.15. The molecule has 0 aromatic rings. The smallest absolute Gasteiger partial charge is 0.306 e. The van der Waals surface area contributed by atoms with Gasteiger partial charge in [0, 0.05) is 12.8 Å². The Labute approximate surface area is 186 Å². The highest BCUT2D eigenvalue weighted by Crippen LogP contribution is 2.24. The maximum absolute atomic E-state index is 11.8. The van der Waals surface area contributed by atoms with Gasteiger partial charge in [-0.1, -0.05) is 78.1 Å². The van der Waals surface area contributed by atoms with Crippen molar-refractivity contribution in [3.63, 3.8) is 0 Å². The summed E-state index contributed by atoms with van der Waals surface area (Å²) in [6.07, 6.45) is 15.7. The Hall–Kier alpha value is -1.06. The molecule has 0 saturated heterocycles. The molecule has 0 saturated carbocycles. The molecule has 0 aliphatic carbocycles. The standard InChI is InChI=1S/C26H50O4/c1-21(2)24(19-20-26(28)30-23(5)6)17-15-13-11-9-7-8-10-12-14-16-18-25(27)29-22(3)4/h21-24H,7-20H2,1-6H3. The predicted octanol–water partition coefficient (Wildman–Crippen LogP) is 7.62. The molecule has 30 heavy (non-hydrogen) atoms. The summed E-state index contributed by atoms with van der Waals surface area (Å²) < 4.78 is 10.4. The van der Waals surface area contributed by atoms with Gasteiger partial charge in [-0.25, -0.2) is 0 Å². The van der Waals surface area contributed by atoms with Crippen LogP contribution in [-0.4, -0.2) is 24.1 Å². The number of esters is 2. The van der Waals surface area contributed by atoms with E-state index < -0.39 is 0 Å². The highest BCUT2D eigenvalue weighted by atomic mass is 16.5. The largest absolute Gasteiger partial charge is 0.463 e. The van der Waals surface area contributed by atoms with Gasteiger partial charge in [-0.2, -0.15) is 0 Å². The molecule has 0 aliphatic rings. The van der Waals surface area contributed by atoms with E-state index in [0.717, 1.165) is 19.3 Å². The van der Waals surface area contributed by atoms with Crippen molar-refractivity contribution in [2.75, 3.05) is 0 Å². The first-order valence-corrected chi connectivity index (χ1v) is 12.6. The van der Waals surface area contributed by atoms with E-state index in [0.29, 0.717) is 24.7 Å². The third-order valence-corrected chi connectivity index (χ3v) is 5.60. The van der Waals surface area contributed by atoms with Crippen molar-refractivity contribution in [2.24, 2.45) is 11.8 Å². The lowest BCUT2D eigenvalue weighted by molar-refractivity contribution is -0.148. The number of rotatable bonds is 19. The van der Waals surface area contributed by atoms with Crippen molar-refractivity contribution >= 4 is 11.9 Å². The van der Waals surface area contributed by atoms with Crippen LogP contribution in [-0.2, 0) is 19.1 Å². The second-order valence-corrected chi connectivity index (χ2v) is 9.69. The van der Waals surface area contributed by atoms with Gasteiger partial charge in [-0.3, -0.25) is 9.59 Å². The zero-order valence-corrected chi connectivity index (χ0v) is 20.8. The highest BCUT2D eigenvalue weighted by molar-refractivity contribution is 5.69. The van der Waals surface area contributed by atoms with Crippen LogP contribution in [0, 0.1) is 11.8 Å². The van der Waals surface area contributed by atoms with E-state index in [1.807, 2.05) is 27.7 Å². The minimum atomic E-state index is -0.0554. The highest BCUT2D eigenvalue weighted by Gasteiger charge is 2.16. The van der Waals surface area contributed by atoms with Crippen molar-refractivity contribution in [1.82, 2.24) is 0 Å². The molecule has 0 bridgehead atoms. The van der Waals surface area contributed by atoms with E-state index in [2.05, 4.69) is 13.8 Å². The molecule has 1 atom stereocenters. The van der Waals surface area contributed by atoms with Crippen LogP contribution >= 0.6 is 0 Å². The zero-order valence-electron chi connectivity index (χ0n) is 20.8. The molecule has 4 heteroatoms. The molecular formula is C26H50O4. The molecule has 1 unspecified atom stereocenters. The van der Waals surface area contributed by atoms with Gasteiger partial charge >= 0.3 is 11.9 Å². The summed E-state index contributed by atoms with van der Waals surface area (Å²) in [5.74, 6) is 1.15. The van der Waals surface area contributed by atoms with Crippen molar-refractivity contribution in [3.05, 3.63) is 0 Å². The first-order valence-electron chi connectivity index (χ1n) is 12.6. The fourth-order valence-electron chi connectivity index (χ4n) is 3.85. The van der Waals surface area contributed by atoms with Crippen LogP contribution in [0.5, 0.6) is 0 Å². The Bertz CT molecular complexity index is 429. The molecule has 0 rings (SSSR count). The van der Waals surface area contributed by atoms with E-state index in [-0.39, 0.29) is 24.1 Å². The van der Waals surface area contributed by atoms with Gasteiger partial charge in [0.15, 0.2) is 0 Å². The van der Waals surface area contributed by atoms with E-state index in [1.165, 1.54) is 57.8 Å². The maximum atomic E-state index is 11.8. The number of carbonyl (C=O) groups excluding carboxylic acids is 2. The first kappa shape index (κ1) is 28.9. The van der Waals surface area contributed by atoms with Gasteiger partial charge in [-0.05, 0) is 52.4 Å². The van der Waals surface area contributed by atoms with Crippen molar-refractivity contribution < 1.29 is 19.1 Å². The SMILES string of the molecule is CC(C)OC(=O)CCCCCCCCCCCCC(CCC(=O)OC(C)C)C(C)C. The fourth-order valence-corrected chi connectivity index (χ4v) is 3.85. The topological polar surface area (TPSA) is 52.6 Å². The van der Waals surface area contributed by atoms with Gasteiger partial charge in [0.1, 0.15) is 0 Å². The van der Waals surface area contributed by atoms with Crippen LogP contribution < -0.4 is 0 Å². The number of carbonyl (C=O) groups is 2. The fraction of sp³-hybridized carbons (Fsp3) is 0.923. The Balaban J connectivity index is 3.55. The summed E-state index contributed by atoms with van der Waals surface area (Å²) in [5, 5.41) is 0. The molecule has 0 radical (unpaired) electrons. The molecule has 0 fully saturated rings. The molecule has 0 spiro atoms. The summed E-state index contributed by atoms with van der Waals surface area (Å²) >= 11 is 0. The predicted molar refractivity (Wildman–Crippen MR) is 125 cm³/mol. The molecule has 4 nitrogen and oxygen atoms in total. The van der Waals surface area contributed by atoms with Crippen LogP contribution in [0.15, 0.2) is 0 Å². The maximum Gasteiger partial charge on any atom is 0.306 e. The first-order chi connectivity index (χ1) is 14.2. The van der Waals surface area contributed by atoms with Gasteiger partial charge in [-0.15, -0.1) is 0 Å². The molecule has 0 aromatic carbocycles. The van der Waals surface area contributed by atoms with E-state index >= 15 is 0 Å². The minimum Gasteiger partial charge on any atom is -0.463 e. The lowest BCUT2D eigenvalue weighted by Gasteiger charge is -2.20. The number of hydrogen-bond acceptors (Lipinski definition) is 4. The van der Waals surface area contributed by atoms with Crippen molar-refractivity contribution in [1.29, 1.82) is 0 Å². The quantitative estimate of drug-likeness (QED) is 0.157. The van der Waals surface area contributed by atoms with Crippen LogP contribution in [0.1, 0.15) is 131 Å². The Morgan fingerprint density at radius 2 is 0.933 bits per heavy atom. The molecule has 0 heterocycles. The lowest BCUT2D eigenvalue weighted by atomic mass is 9.86. The molecule has 0 amide bonds. The monoisotopic (exact) mass is 426 g/mol. The van der Waals surface area contributed by atoms with Crippen LogP contribution in [0.3, 0.4) is 0 Å². The van der Waals surface area contributed by atoms with Gasteiger partial charge in [0.2, 0.25) is 0 Å². The van der Waals surface area contributed by atoms with E-state index in [9.17, 15) is 9.59 Å². The van der Waals surface area contributed by atoms with E-state index in [1.54, 1.807) is 0 Å². The van der Waals surface area contributed by atoms with Gasteiger partial charge in [0.05, 0.1) is 12.2 Å². The summed E-state index contributed by atoms with van der Waals surface area (Å²) in [4.78, 5) is 23.2. The number of ether oxygens (including phenoxy) is 2. The second kappa shape index (κ2) is 18.7. The number of hydrogen-bond donors (Lipinski definition) is 0. The van der Waals surface area contributed by atoms with Crippen molar-refractivity contribution in [3.8, 4) is 0 Å². The molecule has 178 valence electrons. The average molecular weight is 427 g/mol. The molecule has 0 aliphatic heterocycles. The Morgan fingerprint density at radius 1 is 0.533 bits per heavy atom. The van der Waals surface area contributed by atoms with Crippen LogP contribution in [0.25, 0.3) is 0 Å². The normalized spacial score (nSPS) is 12.6. The van der Waals surface area contributed by atoms with Crippen LogP contribution in [0.2, 0.25) is 0 Å². The Morgan fingerprint density at radius 3 is 1.37 bits per heavy atom. The minimum absolute atomic E-state index is 0.00211. The molecular weight excluding hydrogens is 376 g/mol. The van der Waals surface area contributed by atoms with Crippen molar-refractivity contribution in [2.45, 2.75) is 144 Å². The summed E-state index contributed by atoms with van der Waals surface area (Å²) in [7, 11) is 0. The second-order valence-electron chi connectivity index (χ2n) is 9.69. The van der Waals surface area contributed by atoms with Crippen LogP contribution in [0.4, 0.5) is 0 Å². The summed E-state index contributed by atoms with van der Waals surface area (Å²) in [6.45, 7) is 12.1. The summed E-state index contributed by atoms with van der Waals surface area (Å²) in [5.41, 5.74) is 0. The summed E-state index contributed by atoms with van der Waals surface area (Å²) in [6, 6.07) is 0. The zero-order chi connectivity index (χ0) is 22.8. The molecule has 0 aromatic heterocycles. The van der Waals surface area contributed by atoms with Gasteiger partial charge in [0.25, 0.3) is 0 Å². The van der Waals surface area contributed by atoms with E-state index in [4.69, 9.17) is 9.47 Å². The third kappa shape index (κ3) is 18.9. The molecule has 0 N–H and O–H groups in total. The third-order valence-electron chi connectivity index (χ3n) is 5.60. The number of unbranched alkanes of at least 4 members (excludes halogenated alkanes) is 9. The Kier molecular flexibility index (Phi) is 18.0.